The summed E-state index contributed by atoms with van der Waals surface area (Å²) in [5, 5.41) is 3.76. The van der Waals surface area contributed by atoms with E-state index in [1.807, 2.05) is 13.4 Å². The van der Waals surface area contributed by atoms with Gasteiger partial charge in [-0.1, -0.05) is 48.5 Å². The van der Waals surface area contributed by atoms with E-state index < -0.39 is 0 Å². The first-order chi connectivity index (χ1) is 13.7. The molecule has 5 rings (SSSR count). The minimum Gasteiger partial charge on any atom is -0.334 e. The highest BCUT2D eigenvalue weighted by molar-refractivity contribution is 5.82. The molecule has 1 N–H and O–H groups in total. The molecule has 0 fully saturated rings. The van der Waals surface area contributed by atoms with Crippen LogP contribution in [0.4, 0.5) is 0 Å². The zero-order valence-corrected chi connectivity index (χ0v) is 16.4. The van der Waals surface area contributed by atoms with E-state index in [-0.39, 0.29) is 0 Å². The highest BCUT2D eigenvalue weighted by Gasteiger charge is 2.20. The quantitative estimate of drug-likeness (QED) is 0.561. The normalized spacial score (nSPS) is 13.9. The van der Waals surface area contributed by atoms with E-state index in [1.54, 1.807) is 0 Å². The van der Waals surface area contributed by atoms with Crippen molar-refractivity contribution in [1.82, 2.24) is 14.9 Å². The van der Waals surface area contributed by atoms with Crippen LogP contribution in [-0.2, 0) is 26.4 Å². The van der Waals surface area contributed by atoms with Gasteiger partial charge < -0.3 is 9.88 Å². The van der Waals surface area contributed by atoms with E-state index in [2.05, 4.69) is 82.5 Å². The highest BCUT2D eigenvalue weighted by Crippen LogP contribution is 2.26. The van der Waals surface area contributed by atoms with Crippen molar-refractivity contribution in [2.24, 2.45) is 7.05 Å². The summed E-state index contributed by atoms with van der Waals surface area (Å²) in [6.07, 6.45) is 4.14. The molecule has 0 atom stereocenters. The Balaban J connectivity index is 1.31. The largest absolute Gasteiger partial charge is 0.334 e. The van der Waals surface area contributed by atoms with Crippen LogP contribution < -0.4 is 5.32 Å². The van der Waals surface area contributed by atoms with Gasteiger partial charge in [-0.3, -0.25) is 0 Å². The summed E-state index contributed by atoms with van der Waals surface area (Å²) >= 11 is 0. The summed E-state index contributed by atoms with van der Waals surface area (Å²) in [5.41, 5.74) is 10.4. The van der Waals surface area contributed by atoms with Gasteiger partial charge in [-0.2, -0.15) is 0 Å². The third-order valence-corrected chi connectivity index (χ3v) is 6.03. The van der Waals surface area contributed by atoms with Crippen LogP contribution in [-0.4, -0.2) is 15.6 Å². The summed E-state index contributed by atoms with van der Waals surface area (Å²) in [6.45, 7) is 3.13. The fraction of sp³-hybridized carbons (Fsp3) is 0.240. The molecule has 0 spiro atoms. The Labute approximate surface area is 166 Å². The highest BCUT2D eigenvalue weighted by atomic mass is 15.0. The maximum atomic E-state index is 4.49. The second kappa shape index (κ2) is 6.92. The van der Waals surface area contributed by atoms with Gasteiger partial charge in [0.15, 0.2) is 0 Å². The van der Waals surface area contributed by atoms with Gasteiger partial charge in [-0.05, 0) is 65.3 Å². The zero-order valence-electron chi connectivity index (χ0n) is 16.4. The number of fused-ring (bicyclic) bond motifs is 2. The average Bonchev–Trinajstić information content (AvgIpc) is 3.30. The first-order valence-corrected chi connectivity index (χ1v) is 9.98. The minimum absolute atomic E-state index is 0.544. The molecule has 28 heavy (non-hydrogen) atoms. The molecular formula is C25H25N3. The second-order valence-electron chi connectivity index (χ2n) is 7.96. The Bertz CT molecular complexity index is 1130. The Morgan fingerprint density at radius 1 is 0.964 bits per heavy atom. The maximum absolute atomic E-state index is 4.49. The Kier molecular flexibility index (Phi) is 4.25. The topological polar surface area (TPSA) is 29.9 Å². The van der Waals surface area contributed by atoms with E-state index in [9.17, 15) is 0 Å². The molecule has 3 heteroatoms. The predicted molar refractivity (Wildman–Crippen MR) is 115 cm³/mol. The van der Waals surface area contributed by atoms with E-state index in [0.717, 1.165) is 24.9 Å². The molecule has 3 nitrogen and oxygen atoms in total. The summed E-state index contributed by atoms with van der Waals surface area (Å²) in [7, 11) is 2.03. The molecule has 0 saturated carbocycles. The van der Waals surface area contributed by atoms with Crippen molar-refractivity contribution in [3.63, 3.8) is 0 Å². The average molecular weight is 367 g/mol. The Hall–Kier alpha value is -2.91. The number of aromatic nitrogens is 2. The molecule has 1 aromatic heterocycles. The van der Waals surface area contributed by atoms with Crippen LogP contribution in [0.2, 0.25) is 0 Å². The Morgan fingerprint density at radius 3 is 2.43 bits per heavy atom. The van der Waals surface area contributed by atoms with E-state index in [1.165, 1.54) is 38.9 Å². The summed E-state index contributed by atoms with van der Waals surface area (Å²) in [4.78, 5) is 4.49. The summed E-state index contributed by atoms with van der Waals surface area (Å²) in [6, 6.07) is 22.7. The molecule has 1 aliphatic carbocycles. The minimum atomic E-state index is 0.544. The second-order valence-corrected chi connectivity index (χ2v) is 7.96. The van der Waals surface area contributed by atoms with Crippen LogP contribution in [0, 0.1) is 6.92 Å². The monoisotopic (exact) mass is 367 g/mol. The van der Waals surface area contributed by atoms with Crippen LogP contribution >= 0.6 is 0 Å². The van der Waals surface area contributed by atoms with Crippen LogP contribution in [0.25, 0.3) is 22.2 Å². The first kappa shape index (κ1) is 17.2. The molecule has 0 aliphatic heterocycles. The molecule has 0 saturated heterocycles. The van der Waals surface area contributed by atoms with E-state index in [4.69, 9.17) is 0 Å². The van der Waals surface area contributed by atoms with Gasteiger partial charge in [0.05, 0.1) is 17.4 Å². The lowest BCUT2D eigenvalue weighted by Crippen LogP contribution is -2.29. The van der Waals surface area contributed by atoms with Gasteiger partial charge >= 0.3 is 0 Å². The van der Waals surface area contributed by atoms with Crippen LogP contribution in [0.15, 0.2) is 67.0 Å². The number of nitrogens with one attached hydrogen (secondary N) is 1. The molecule has 0 radical (unpaired) electrons. The molecule has 140 valence electrons. The number of imidazole rings is 1. The molecule has 3 aromatic carbocycles. The standard InChI is InChI=1S/C25H25N3/c1-17-11-20(21-9-10-25-24(14-21)27-16-28(25)2)7-8-22(17)15-26-23-12-18-5-3-4-6-19(18)13-23/h3-11,14,16,23,26H,12-13,15H2,1-2H3. The van der Waals surface area contributed by atoms with Crippen molar-refractivity contribution in [2.45, 2.75) is 32.4 Å². The van der Waals surface area contributed by atoms with Crippen molar-refractivity contribution >= 4 is 11.0 Å². The van der Waals surface area contributed by atoms with E-state index >= 15 is 0 Å². The lowest BCUT2D eigenvalue weighted by atomic mass is 9.99. The fourth-order valence-electron chi connectivity index (χ4n) is 4.35. The van der Waals surface area contributed by atoms with Gasteiger partial charge in [0, 0.05) is 19.6 Å². The maximum Gasteiger partial charge on any atom is 0.0955 e. The predicted octanol–water partition coefficient (Wildman–Crippen LogP) is 4.81. The smallest absolute Gasteiger partial charge is 0.0955 e. The van der Waals surface area contributed by atoms with Gasteiger partial charge in [0.25, 0.3) is 0 Å². The third kappa shape index (κ3) is 3.12. The third-order valence-electron chi connectivity index (χ3n) is 6.03. The van der Waals surface area contributed by atoms with Gasteiger partial charge in [-0.25, -0.2) is 4.98 Å². The number of rotatable bonds is 4. The molecular weight excluding hydrogens is 342 g/mol. The lowest BCUT2D eigenvalue weighted by Gasteiger charge is -2.14. The van der Waals surface area contributed by atoms with Crippen molar-refractivity contribution in [1.29, 1.82) is 0 Å². The fourth-order valence-corrected chi connectivity index (χ4v) is 4.35. The van der Waals surface area contributed by atoms with Gasteiger partial charge in [0.1, 0.15) is 0 Å². The summed E-state index contributed by atoms with van der Waals surface area (Å²) < 4.78 is 2.06. The molecule has 0 bridgehead atoms. The molecule has 0 unspecified atom stereocenters. The molecule has 4 aromatic rings. The zero-order chi connectivity index (χ0) is 19.1. The number of hydrogen-bond acceptors (Lipinski definition) is 2. The van der Waals surface area contributed by atoms with Gasteiger partial charge in [0.2, 0.25) is 0 Å². The van der Waals surface area contributed by atoms with Crippen molar-refractivity contribution in [2.75, 3.05) is 0 Å². The first-order valence-electron chi connectivity index (χ1n) is 9.98. The molecule has 1 heterocycles. The number of hydrogen-bond donors (Lipinski definition) is 1. The van der Waals surface area contributed by atoms with Crippen LogP contribution in [0.3, 0.4) is 0 Å². The molecule has 0 amide bonds. The molecule has 1 aliphatic rings. The number of benzene rings is 3. The van der Waals surface area contributed by atoms with Crippen LogP contribution in [0.5, 0.6) is 0 Å². The number of nitrogens with zero attached hydrogens (tertiary/aromatic N) is 2. The van der Waals surface area contributed by atoms with E-state index in [0.29, 0.717) is 6.04 Å². The van der Waals surface area contributed by atoms with Crippen molar-refractivity contribution in [3.05, 3.63) is 89.2 Å². The van der Waals surface area contributed by atoms with Crippen LogP contribution in [0.1, 0.15) is 22.3 Å². The van der Waals surface area contributed by atoms with Gasteiger partial charge in [-0.15, -0.1) is 0 Å². The SMILES string of the molecule is Cc1cc(-c2ccc3c(c2)ncn3C)ccc1CNC1Cc2ccccc2C1. The summed E-state index contributed by atoms with van der Waals surface area (Å²) in [5.74, 6) is 0. The number of aryl methyl sites for hydroxylation is 2. The lowest BCUT2D eigenvalue weighted by molar-refractivity contribution is 0.532. The van der Waals surface area contributed by atoms with Crippen molar-refractivity contribution in [3.8, 4) is 11.1 Å². The van der Waals surface area contributed by atoms with Crippen molar-refractivity contribution < 1.29 is 0 Å². The Morgan fingerprint density at radius 2 is 1.68 bits per heavy atom.